The molecular formula is C60H43N. The summed E-state index contributed by atoms with van der Waals surface area (Å²) >= 11 is 0. The average Bonchev–Trinajstić information content (AvgIpc) is 3.77. The van der Waals surface area contributed by atoms with Crippen molar-refractivity contribution in [2.75, 3.05) is 4.90 Å². The predicted molar refractivity (Wildman–Crippen MR) is 261 cm³/mol. The predicted octanol–water partition coefficient (Wildman–Crippen LogP) is 16.6. The number of aryl methyl sites for hydroxylation is 2. The van der Waals surface area contributed by atoms with Crippen LogP contribution >= 0.6 is 0 Å². The van der Waals surface area contributed by atoms with Gasteiger partial charge in [0.2, 0.25) is 0 Å². The maximum absolute atomic E-state index is 2.50. The summed E-state index contributed by atoms with van der Waals surface area (Å²) in [6, 6.07) is 72.3. The first-order chi connectivity index (χ1) is 30.3. The number of nitrogens with zero attached hydrogens (tertiary/aromatic N) is 1. The molecule has 0 amide bonds. The second kappa shape index (κ2) is 14.7. The van der Waals surface area contributed by atoms with Crippen LogP contribution in [0.15, 0.2) is 212 Å². The topological polar surface area (TPSA) is 3.24 Å². The van der Waals surface area contributed by atoms with Gasteiger partial charge in [0.05, 0.1) is 5.69 Å². The third kappa shape index (κ3) is 5.92. The Morgan fingerprint density at radius 3 is 1.72 bits per heavy atom. The summed E-state index contributed by atoms with van der Waals surface area (Å²) in [5.74, 6) is 0. The van der Waals surface area contributed by atoms with E-state index >= 15 is 0 Å². The third-order valence-electron chi connectivity index (χ3n) is 13.1. The fraction of sp³-hybridized carbons (Fsp3) is 0.0667. The second-order valence-corrected chi connectivity index (χ2v) is 16.6. The molecular weight excluding hydrogens is 735 g/mol. The first-order valence-corrected chi connectivity index (χ1v) is 21.7. The van der Waals surface area contributed by atoms with E-state index in [-0.39, 0.29) is 0 Å². The van der Waals surface area contributed by atoms with Crippen molar-refractivity contribution in [1.82, 2.24) is 0 Å². The number of anilines is 3. The first kappa shape index (κ1) is 35.5. The molecule has 1 nitrogen and oxygen atoms in total. The minimum absolute atomic E-state index is 1.04. The van der Waals surface area contributed by atoms with E-state index in [1.807, 2.05) is 0 Å². The number of fused-ring (bicyclic) bond motifs is 6. The quantitative estimate of drug-likeness (QED) is 0.146. The van der Waals surface area contributed by atoms with Crippen LogP contribution in [-0.2, 0) is 12.8 Å². The summed E-state index contributed by atoms with van der Waals surface area (Å²) in [4.78, 5) is 2.50. The third-order valence-corrected chi connectivity index (χ3v) is 13.1. The SMILES string of the molecule is C1=CC(c2cc(-c3ccccc3)c3c4ccccc4c4cc(N(c5ccc(-c6ccccc6)cc5)c5ccc6c7c(cccc57)CC6)ccc4c3c2-c2ccccc2)=CCC1. The van der Waals surface area contributed by atoms with E-state index in [9.17, 15) is 0 Å². The van der Waals surface area contributed by atoms with Crippen LogP contribution in [0.1, 0.15) is 29.5 Å². The molecule has 12 rings (SSSR count). The molecule has 1 heteroatoms. The van der Waals surface area contributed by atoms with Gasteiger partial charge in [-0.2, -0.15) is 0 Å². The zero-order valence-electron chi connectivity index (χ0n) is 34.0. The summed E-state index contributed by atoms with van der Waals surface area (Å²) < 4.78 is 0. The number of benzene rings is 10. The Balaban J connectivity index is 1.18. The van der Waals surface area contributed by atoms with Gasteiger partial charge in [-0.15, -0.1) is 0 Å². The molecule has 288 valence electrons. The summed E-state index contributed by atoms with van der Waals surface area (Å²) in [5.41, 5.74) is 16.4. The lowest BCUT2D eigenvalue weighted by Gasteiger charge is -2.28. The minimum atomic E-state index is 1.04. The molecule has 2 aliphatic carbocycles. The van der Waals surface area contributed by atoms with Gasteiger partial charge in [0, 0.05) is 16.8 Å². The molecule has 2 aliphatic rings. The smallest absolute Gasteiger partial charge is 0.0540 e. The van der Waals surface area contributed by atoms with Crippen LogP contribution < -0.4 is 4.90 Å². The Labute approximate surface area is 357 Å². The van der Waals surface area contributed by atoms with Gasteiger partial charge in [-0.1, -0.05) is 176 Å². The molecule has 0 heterocycles. The summed E-state index contributed by atoms with van der Waals surface area (Å²) in [6.07, 6.45) is 11.4. The Bertz CT molecular complexity index is 3370. The minimum Gasteiger partial charge on any atom is -0.310 e. The zero-order chi connectivity index (χ0) is 40.3. The molecule has 0 aliphatic heterocycles. The van der Waals surface area contributed by atoms with Crippen LogP contribution in [0.5, 0.6) is 0 Å². The molecule has 0 aromatic heterocycles. The van der Waals surface area contributed by atoms with Crippen molar-refractivity contribution in [1.29, 1.82) is 0 Å². The summed E-state index contributed by atoms with van der Waals surface area (Å²) in [7, 11) is 0. The van der Waals surface area contributed by atoms with Crippen molar-refractivity contribution in [3.05, 3.63) is 229 Å². The number of hydrogen-bond donors (Lipinski definition) is 0. The molecule has 0 spiro atoms. The number of hydrogen-bond acceptors (Lipinski definition) is 1. The molecule has 0 unspecified atom stereocenters. The monoisotopic (exact) mass is 777 g/mol. The van der Waals surface area contributed by atoms with Crippen LogP contribution in [0.3, 0.4) is 0 Å². The van der Waals surface area contributed by atoms with E-state index in [0.717, 1.165) is 37.1 Å². The molecule has 0 saturated heterocycles. The molecule has 0 bridgehead atoms. The van der Waals surface area contributed by atoms with Crippen LogP contribution in [0, 0.1) is 0 Å². The molecule has 0 N–H and O–H groups in total. The fourth-order valence-corrected chi connectivity index (χ4v) is 10.4. The highest BCUT2D eigenvalue weighted by atomic mass is 15.1. The van der Waals surface area contributed by atoms with Gasteiger partial charge in [0.25, 0.3) is 0 Å². The van der Waals surface area contributed by atoms with Gasteiger partial charge in [-0.05, 0) is 155 Å². The van der Waals surface area contributed by atoms with Crippen molar-refractivity contribution in [2.45, 2.75) is 25.7 Å². The Kier molecular flexibility index (Phi) is 8.52. The van der Waals surface area contributed by atoms with E-state index in [0.29, 0.717) is 0 Å². The van der Waals surface area contributed by atoms with Crippen molar-refractivity contribution in [3.63, 3.8) is 0 Å². The van der Waals surface area contributed by atoms with Gasteiger partial charge >= 0.3 is 0 Å². The summed E-state index contributed by atoms with van der Waals surface area (Å²) in [5, 5.41) is 10.4. The lowest BCUT2D eigenvalue weighted by Crippen LogP contribution is -2.11. The van der Waals surface area contributed by atoms with Crippen LogP contribution in [0.2, 0.25) is 0 Å². The van der Waals surface area contributed by atoms with Crippen LogP contribution in [0.4, 0.5) is 17.1 Å². The Morgan fingerprint density at radius 2 is 0.984 bits per heavy atom. The van der Waals surface area contributed by atoms with Gasteiger partial charge in [-0.3, -0.25) is 0 Å². The molecule has 0 fully saturated rings. The number of allylic oxidation sites excluding steroid dienone is 4. The van der Waals surface area contributed by atoms with Crippen molar-refractivity contribution in [2.24, 2.45) is 0 Å². The Hall–Kier alpha value is -7.48. The normalized spacial score (nSPS) is 13.3. The largest absolute Gasteiger partial charge is 0.310 e. The summed E-state index contributed by atoms with van der Waals surface area (Å²) in [6.45, 7) is 0. The van der Waals surface area contributed by atoms with Gasteiger partial charge in [-0.25, -0.2) is 0 Å². The molecule has 0 atom stereocenters. The molecule has 0 saturated carbocycles. The van der Waals surface area contributed by atoms with E-state index in [2.05, 4.69) is 217 Å². The Morgan fingerprint density at radius 1 is 0.361 bits per heavy atom. The molecule has 10 aromatic carbocycles. The van der Waals surface area contributed by atoms with Crippen LogP contribution in [-0.4, -0.2) is 0 Å². The van der Waals surface area contributed by atoms with Gasteiger partial charge in [0.15, 0.2) is 0 Å². The maximum Gasteiger partial charge on any atom is 0.0540 e. The highest BCUT2D eigenvalue weighted by Crippen LogP contribution is 2.50. The zero-order valence-corrected chi connectivity index (χ0v) is 34.0. The highest BCUT2D eigenvalue weighted by Gasteiger charge is 2.25. The van der Waals surface area contributed by atoms with E-state index in [1.54, 1.807) is 0 Å². The average molecular weight is 778 g/mol. The molecule has 0 radical (unpaired) electrons. The maximum atomic E-state index is 2.50. The molecule has 61 heavy (non-hydrogen) atoms. The first-order valence-electron chi connectivity index (χ1n) is 21.7. The van der Waals surface area contributed by atoms with Crippen LogP contribution in [0.25, 0.3) is 82.0 Å². The lowest BCUT2D eigenvalue weighted by atomic mass is 9.80. The second-order valence-electron chi connectivity index (χ2n) is 16.6. The van der Waals surface area contributed by atoms with Crippen molar-refractivity contribution >= 4 is 65.7 Å². The van der Waals surface area contributed by atoms with Gasteiger partial charge < -0.3 is 4.90 Å². The standard InChI is InChI=1S/C60H43N/c1-5-16-40(17-6-1)41-30-33-47(34-31-41)61(56-37-32-46-29-28-45-24-15-27-52(56)57(45)46)48-35-36-51-55(38-48)49-25-13-14-26-50(49)59-54(43-20-9-3-10-21-43)39-53(42-18-7-2-8-19-42)58(60(51)59)44-22-11-4-12-23-44/h1,3-7,9-27,30-39H,2,8,28-29H2. The number of rotatable bonds is 7. The fourth-order valence-electron chi connectivity index (χ4n) is 10.4. The lowest BCUT2D eigenvalue weighted by molar-refractivity contribution is 1.02. The van der Waals surface area contributed by atoms with Crippen molar-refractivity contribution in [3.8, 4) is 33.4 Å². The molecule has 10 aromatic rings. The van der Waals surface area contributed by atoms with E-state index < -0.39 is 0 Å². The van der Waals surface area contributed by atoms with Gasteiger partial charge in [0.1, 0.15) is 0 Å². The van der Waals surface area contributed by atoms with E-state index in [4.69, 9.17) is 0 Å². The van der Waals surface area contributed by atoms with Crippen molar-refractivity contribution < 1.29 is 0 Å². The highest BCUT2D eigenvalue weighted by molar-refractivity contribution is 6.33. The van der Waals surface area contributed by atoms with E-state index in [1.165, 1.54) is 104 Å².